The maximum absolute atomic E-state index is 12.7. The second-order valence-corrected chi connectivity index (χ2v) is 8.24. The van der Waals surface area contributed by atoms with Crippen molar-refractivity contribution in [3.05, 3.63) is 48.0 Å². The Morgan fingerprint density at radius 3 is 2.80 bits per heavy atom. The smallest absolute Gasteiger partial charge is 0.255 e. The Morgan fingerprint density at radius 1 is 1.40 bits per heavy atom. The lowest BCUT2D eigenvalue weighted by Crippen LogP contribution is -2.41. The first kappa shape index (κ1) is 17.5. The zero-order valence-electron chi connectivity index (χ0n) is 14.0. The molecule has 1 N–H and O–H groups in total. The van der Waals surface area contributed by atoms with Crippen molar-refractivity contribution in [2.75, 3.05) is 23.4 Å². The van der Waals surface area contributed by atoms with E-state index in [-0.39, 0.29) is 23.5 Å². The molecule has 2 aromatic rings. The van der Waals surface area contributed by atoms with Crippen molar-refractivity contribution in [3.8, 4) is 0 Å². The zero-order valence-corrected chi connectivity index (χ0v) is 14.8. The predicted molar refractivity (Wildman–Crippen MR) is 94.0 cm³/mol. The molecule has 134 valence electrons. The fourth-order valence-corrected chi connectivity index (χ4v) is 4.70. The Morgan fingerprint density at radius 2 is 2.24 bits per heavy atom. The number of nitrogens with zero attached hydrogens (tertiary/aromatic N) is 2. The average Bonchev–Trinajstić information content (AvgIpc) is 3.23. The Labute approximate surface area is 147 Å². The van der Waals surface area contributed by atoms with Gasteiger partial charge in [-0.3, -0.25) is 4.79 Å². The van der Waals surface area contributed by atoms with Gasteiger partial charge in [0.05, 0.1) is 29.9 Å². The lowest BCUT2D eigenvalue weighted by Gasteiger charge is -2.26. The summed E-state index contributed by atoms with van der Waals surface area (Å²) in [6.07, 6.45) is 3.62. The van der Waals surface area contributed by atoms with Crippen molar-refractivity contribution < 1.29 is 17.6 Å². The summed E-state index contributed by atoms with van der Waals surface area (Å²) in [5, 5.41) is 3.11. The van der Waals surface area contributed by atoms with Gasteiger partial charge in [0, 0.05) is 18.8 Å². The second-order valence-electron chi connectivity index (χ2n) is 6.01. The van der Waals surface area contributed by atoms with Crippen LogP contribution in [0.2, 0.25) is 0 Å². The highest BCUT2D eigenvalue weighted by Gasteiger charge is 2.34. The van der Waals surface area contributed by atoms with Crippen LogP contribution in [0, 0.1) is 0 Å². The number of hydrogen-bond acceptors (Lipinski definition) is 6. The normalized spacial score (nSPS) is 18.8. The molecule has 0 bridgehead atoms. The summed E-state index contributed by atoms with van der Waals surface area (Å²) in [5.41, 5.74) is 0.453. The highest BCUT2D eigenvalue weighted by Crippen LogP contribution is 2.20. The molecule has 3 heterocycles. The molecule has 0 spiro atoms. The highest BCUT2D eigenvalue weighted by atomic mass is 32.2. The van der Waals surface area contributed by atoms with E-state index < -0.39 is 9.84 Å². The number of amides is 1. The van der Waals surface area contributed by atoms with Crippen LogP contribution in [0.1, 0.15) is 29.5 Å². The van der Waals surface area contributed by atoms with Crippen LogP contribution < -0.4 is 5.32 Å². The first-order valence-corrected chi connectivity index (χ1v) is 10.0. The van der Waals surface area contributed by atoms with Crippen molar-refractivity contribution in [1.29, 1.82) is 0 Å². The molecule has 0 saturated carbocycles. The van der Waals surface area contributed by atoms with Gasteiger partial charge in [0.25, 0.3) is 5.91 Å². The van der Waals surface area contributed by atoms with Crippen molar-refractivity contribution in [2.45, 2.75) is 25.9 Å². The molecule has 8 heteroatoms. The van der Waals surface area contributed by atoms with Crippen molar-refractivity contribution >= 4 is 21.6 Å². The molecule has 2 aromatic heterocycles. The molecule has 0 radical (unpaired) electrons. The van der Waals surface area contributed by atoms with E-state index in [0.717, 1.165) is 5.76 Å². The number of rotatable bonds is 6. The van der Waals surface area contributed by atoms with Crippen LogP contribution >= 0.6 is 0 Å². The Balaban J connectivity index is 1.65. The van der Waals surface area contributed by atoms with Crippen molar-refractivity contribution in [3.63, 3.8) is 0 Å². The first-order chi connectivity index (χ1) is 12.0. The number of carbonyl (C=O) groups excluding carboxylic acids is 1. The minimum Gasteiger partial charge on any atom is -0.467 e. The van der Waals surface area contributed by atoms with Crippen molar-refractivity contribution in [2.24, 2.45) is 0 Å². The van der Waals surface area contributed by atoms with Gasteiger partial charge in [-0.25, -0.2) is 13.4 Å². The Kier molecular flexibility index (Phi) is 5.08. The molecular formula is C17H21N3O4S. The molecule has 1 atom stereocenters. The summed E-state index contributed by atoms with van der Waals surface area (Å²) in [4.78, 5) is 18.6. The maximum atomic E-state index is 12.7. The standard InChI is InChI=1S/C17H21N3O4S/c1-2-20(14-7-9-25(22,23)12-14)17(21)13-5-6-16(18-10-13)19-11-15-4-3-8-24-15/h3-6,8,10,14H,2,7,9,11-12H2,1H3,(H,18,19). The first-order valence-electron chi connectivity index (χ1n) is 8.22. The van der Waals surface area contributed by atoms with Crippen LogP contribution in [-0.2, 0) is 16.4 Å². The third-order valence-corrected chi connectivity index (χ3v) is 6.04. The van der Waals surface area contributed by atoms with Crippen LogP contribution in [0.3, 0.4) is 0 Å². The fraction of sp³-hybridized carbons (Fsp3) is 0.412. The summed E-state index contributed by atoms with van der Waals surface area (Å²) >= 11 is 0. The second kappa shape index (κ2) is 7.26. The van der Waals surface area contributed by atoms with Gasteiger partial charge in [-0.05, 0) is 37.6 Å². The van der Waals surface area contributed by atoms with E-state index >= 15 is 0 Å². The maximum Gasteiger partial charge on any atom is 0.255 e. The van der Waals surface area contributed by atoms with Gasteiger partial charge in [-0.1, -0.05) is 0 Å². The number of anilines is 1. The highest BCUT2D eigenvalue weighted by molar-refractivity contribution is 7.91. The predicted octanol–water partition coefficient (Wildman–Crippen LogP) is 1.94. The molecular weight excluding hydrogens is 342 g/mol. The van der Waals surface area contributed by atoms with E-state index in [4.69, 9.17) is 4.42 Å². The molecule has 0 aromatic carbocycles. The number of aromatic nitrogens is 1. The summed E-state index contributed by atoms with van der Waals surface area (Å²) in [6.45, 7) is 2.83. The minimum absolute atomic E-state index is 0.0444. The van der Waals surface area contributed by atoms with Gasteiger partial charge < -0.3 is 14.6 Å². The van der Waals surface area contributed by atoms with E-state index in [1.165, 1.54) is 6.20 Å². The van der Waals surface area contributed by atoms with E-state index in [1.807, 2.05) is 19.1 Å². The minimum atomic E-state index is -3.03. The molecule has 1 aliphatic rings. The summed E-state index contributed by atoms with van der Waals surface area (Å²) < 4.78 is 28.6. The third-order valence-electron chi connectivity index (χ3n) is 4.28. The van der Waals surface area contributed by atoms with E-state index in [1.54, 1.807) is 23.3 Å². The molecule has 25 heavy (non-hydrogen) atoms. The average molecular weight is 363 g/mol. The number of pyridine rings is 1. The van der Waals surface area contributed by atoms with Crippen LogP contribution in [0.15, 0.2) is 41.1 Å². The van der Waals surface area contributed by atoms with Gasteiger partial charge in [0.1, 0.15) is 11.6 Å². The molecule has 1 amide bonds. The molecule has 1 aliphatic heterocycles. The van der Waals surface area contributed by atoms with Crippen molar-refractivity contribution in [1.82, 2.24) is 9.88 Å². The Bertz CT molecular complexity index is 816. The van der Waals surface area contributed by atoms with Crippen LogP contribution in [-0.4, -0.2) is 48.3 Å². The molecule has 1 unspecified atom stereocenters. The molecule has 0 aliphatic carbocycles. The van der Waals surface area contributed by atoms with Gasteiger partial charge in [0.15, 0.2) is 9.84 Å². The summed E-state index contributed by atoms with van der Waals surface area (Å²) in [6, 6.07) is 6.86. The fourth-order valence-electron chi connectivity index (χ4n) is 2.97. The summed E-state index contributed by atoms with van der Waals surface area (Å²) in [7, 11) is -3.03. The number of nitrogens with one attached hydrogen (secondary N) is 1. The molecule has 3 rings (SSSR count). The van der Waals surface area contributed by atoms with E-state index in [0.29, 0.717) is 30.9 Å². The number of hydrogen-bond donors (Lipinski definition) is 1. The third kappa shape index (κ3) is 4.19. The van der Waals surface area contributed by atoms with Gasteiger partial charge >= 0.3 is 0 Å². The molecule has 1 fully saturated rings. The van der Waals surface area contributed by atoms with E-state index in [9.17, 15) is 13.2 Å². The molecule has 7 nitrogen and oxygen atoms in total. The Hall–Kier alpha value is -2.35. The van der Waals surface area contributed by atoms with Crippen LogP contribution in [0.25, 0.3) is 0 Å². The number of sulfone groups is 1. The van der Waals surface area contributed by atoms with E-state index in [2.05, 4.69) is 10.3 Å². The number of furan rings is 1. The largest absolute Gasteiger partial charge is 0.467 e. The lowest BCUT2D eigenvalue weighted by atomic mass is 10.1. The van der Waals surface area contributed by atoms with Gasteiger partial charge in [0.2, 0.25) is 0 Å². The monoisotopic (exact) mass is 363 g/mol. The van der Waals surface area contributed by atoms with Crippen LogP contribution in [0.5, 0.6) is 0 Å². The zero-order chi connectivity index (χ0) is 17.9. The SMILES string of the molecule is CCN(C(=O)c1ccc(NCc2ccco2)nc1)C1CCS(=O)(=O)C1. The molecule has 1 saturated heterocycles. The van der Waals surface area contributed by atoms with Crippen LogP contribution in [0.4, 0.5) is 5.82 Å². The van der Waals surface area contributed by atoms with Gasteiger partial charge in [-0.15, -0.1) is 0 Å². The quantitative estimate of drug-likeness (QED) is 0.843. The van der Waals surface area contributed by atoms with Gasteiger partial charge in [-0.2, -0.15) is 0 Å². The lowest BCUT2D eigenvalue weighted by molar-refractivity contribution is 0.0708. The summed E-state index contributed by atoms with van der Waals surface area (Å²) in [5.74, 6) is 1.44. The number of carbonyl (C=O) groups is 1. The topological polar surface area (TPSA) is 92.5 Å².